The predicted octanol–water partition coefficient (Wildman–Crippen LogP) is 2.65. The van der Waals surface area contributed by atoms with Gasteiger partial charge in [0.25, 0.3) is 0 Å². The molecule has 0 spiro atoms. The molecule has 15 heavy (non-hydrogen) atoms. The largest absolute Gasteiger partial charge is 0.299 e. The molecule has 0 aromatic heterocycles. The second-order valence-electron chi connectivity index (χ2n) is 4.18. The SMILES string of the molecule is C#Cc1cccc(CN2CCCCC2)c1. The van der Waals surface area contributed by atoms with E-state index in [1.165, 1.54) is 37.9 Å². The van der Waals surface area contributed by atoms with E-state index in [-0.39, 0.29) is 0 Å². The van der Waals surface area contributed by atoms with Crippen molar-refractivity contribution in [3.63, 3.8) is 0 Å². The van der Waals surface area contributed by atoms with Gasteiger partial charge in [0.15, 0.2) is 0 Å². The number of hydrogen-bond acceptors (Lipinski definition) is 1. The third kappa shape index (κ3) is 2.84. The first-order valence-electron chi connectivity index (χ1n) is 5.66. The molecule has 78 valence electrons. The number of likely N-dealkylation sites (tertiary alicyclic amines) is 1. The molecule has 0 atom stereocenters. The van der Waals surface area contributed by atoms with Crippen LogP contribution in [0.3, 0.4) is 0 Å². The van der Waals surface area contributed by atoms with E-state index in [1.807, 2.05) is 6.07 Å². The fourth-order valence-corrected chi connectivity index (χ4v) is 2.14. The molecule has 1 saturated heterocycles. The standard InChI is InChI=1S/C14H17N/c1-2-13-7-6-8-14(11-13)12-15-9-4-3-5-10-15/h1,6-8,11H,3-5,9-10,12H2. The molecule has 1 aromatic carbocycles. The molecule has 2 rings (SSSR count). The third-order valence-electron chi connectivity index (χ3n) is 2.95. The molecular weight excluding hydrogens is 182 g/mol. The first-order valence-corrected chi connectivity index (χ1v) is 5.66. The van der Waals surface area contributed by atoms with Crippen LogP contribution < -0.4 is 0 Å². The van der Waals surface area contributed by atoms with Crippen LogP contribution in [-0.2, 0) is 6.54 Å². The summed E-state index contributed by atoms with van der Waals surface area (Å²) >= 11 is 0. The Labute approximate surface area is 92.1 Å². The van der Waals surface area contributed by atoms with Crippen LogP contribution in [0.1, 0.15) is 30.4 Å². The van der Waals surface area contributed by atoms with E-state index in [0.717, 1.165) is 12.1 Å². The zero-order chi connectivity index (χ0) is 10.5. The summed E-state index contributed by atoms with van der Waals surface area (Å²) in [6.45, 7) is 3.52. The van der Waals surface area contributed by atoms with Gasteiger partial charge in [0.05, 0.1) is 0 Å². The molecule has 0 amide bonds. The Kier molecular flexibility index (Phi) is 3.42. The summed E-state index contributed by atoms with van der Waals surface area (Å²) < 4.78 is 0. The third-order valence-corrected chi connectivity index (χ3v) is 2.95. The summed E-state index contributed by atoms with van der Waals surface area (Å²) in [5.74, 6) is 2.69. The summed E-state index contributed by atoms with van der Waals surface area (Å²) in [6.07, 6.45) is 9.46. The molecule has 0 radical (unpaired) electrons. The van der Waals surface area contributed by atoms with Crippen molar-refractivity contribution < 1.29 is 0 Å². The van der Waals surface area contributed by atoms with E-state index in [0.29, 0.717) is 0 Å². The Morgan fingerprint density at radius 2 is 2.00 bits per heavy atom. The average Bonchev–Trinajstić information content (AvgIpc) is 2.31. The van der Waals surface area contributed by atoms with Gasteiger partial charge in [0.2, 0.25) is 0 Å². The van der Waals surface area contributed by atoms with Gasteiger partial charge in [0.1, 0.15) is 0 Å². The van der Waals surface area contributed by atoms with Crippen LogP contribution in [0, 0.1) is 12.3 Å². The maximum Gasteiger partial charge on any atom is 0.0245 e. The van der Waals surface area contributed by atoms with E-state index >= 15 is 0 Å². The van der Waals surface area contributed by atoms with Crippen LogP contribution in [0.5, 0.6) is 0 Å². The van der Waals surface area contributed by atoms with Gasteiger partial charge in [-0.1, -0.05) is 24.5 Å². The Morgan fingerprint density at radius 1 is 1.20 bits per heavy atom. The molecule has 1 heterocycles. The van der Waals surface area contributed by atoms with Crippen LogP contribution in [0.15, 0.2) is 24.3 Å². The molecule has 1 fully saturated rings. The molecule has 1 aliphatic heterocycles. The van der Waals surface area contributed by atoms with E-state index < -0.39 is 0 Å². The summed E-state index contributed by atoms with van der Waals surface area (Å²) in [4.78, 5) is 2.51. The van der Waals surface area contributed by atoms with Crippen molar-refractivity contribution in [2.75, 3.05) is 13.1 Å². The second kappa shape index (κ2) is 5.00. The fourth-order valence-electron chi connectivity index (χ4n) is 2.14. The quantitative estimate of drug-likeness (QED) is 0.662. The van der Waals surface area contributed by atoms with E-state index in [2.05, 4.69) is 29.0 Å². The molecule has 0 bridgehead atoms. The fraction of sp³-hybridized carbons (Fsp3) is 0.429. The zero-order valence-electron chi connectivity index (χ0n) is 9.08. The molecule has 1 aliphatic rings. The maximum atomic E-state index is 5.39. The lowest BCUT2D eigenvalue weighted by Crippen LogP contribution is -2.29. The van der Waals surface area contributed by atoms with Crippen LogP contribution in [-0.4, -0.2) is 18.0 Å². The lowest BCUT2D eigenvalue weighted by atomic mass is 10.1. The van der Waals surface area contributed by atoms with Gasteiger partial charge in [-0.2, -0.15) is 0 Å². The number of piperidine rings is 1. The van der Waals surface area contributed by atoms with Crippen molar-refractivity contribution >= 4 is 0 Å². The number of benzene rings is 1. The molecule has 0 unspecified atom stereocenters. The van der Waals surface area contributed by atoms with Crippen LogP contribution in [0.2, 0.25) is 0 Å². The number of nitrogens with zero attached hydrogens (tertiary/aromatic N) is 1. The Bertz CT molecular complexity index is 356. The van der Waals surface area contributed by atoms with Gasteiger partial charge in [-0.15, -0.1) is 6.42 Å². The number of terminal acetylenes is 1. The molecular formula is C14H17N. The molecule has 1 aromatic rings. The summed E-state index contributed by atoms with van der Waals surface area (Å²) in [5.41, 5.74) is 2.33. The highest BCUT2D eigenvalue weighted by Gasteiger charge is 2.09. The second-order valence-corrected chi connectivity index (χ2v) is 4.18. The van der Waals surface area contributed by atoms with Crippen LogP contribution >= 0.6 is 0 Å². The Morgan fingerprint density at radius 3 is 2.73 bits per heavy atom. The average molecular weight is 199 g/mol. The number of hydrogen-bond donors (Lipinski definition) is 0. The highest BCUT2D eigenvalue weighted by molar-refractivity contribution is 5.35. The minimum absolute atomic E-state index is 0.990. The van der Waals surface area contributed by atoms with Gasteiger partial charge < -0.3 is 0 Å². The summed E-state index contributed by atoms with van der Waals surface area (Å²) in [5, 5.41) is 0. The Balaban J connectivity index is 2.00. The van der Waals surface area contributed by atoms with E-state index in [1.54, 1.807) is 0 Å². The summed E-state index contributed by atoms with van der Waals surface area (Å²) in [7, 11) is 0. The highest BCUT2D eigenvalue weighted by Crippen LogP contribution is 2.13. The lowest BCUT2D eigenvalue weighted by Gasteiger charge is -2.26. The maximum absolute atomic E-state index is 5.39. The minimum atomic E-state index is 0.990. The van der Waals surface area contributed by atoms with Gasteiger partial charge in [0, 0.05) is 12.1 Å². The van der Waals surface area contributed by atoms with Gasteiger partial charge >= 0.3 is 0 Å². The molecule has 0 N–H and O–H groups in total. The van der Waals surface area contributed by atoms with E-state index in [4.69, 9.17) is 6.42 Å². The van der Waals surface area contributed by atoms with Crippen molar-refractivity contribution in [2.45, 2.75) is 25.8 Å². The van der Waals surface area contributed by atoms with Gasteiger partial charge in [-0.3, -0.25) is 4.90 Å². The molecule has 0 aliphatic carbocycles. The smallest absolute Gasteiger partial charge is 0.0245 e. The Hall–Kier alpha value is -1.26. The van der Waals surface area contributed by atoms with Crippen LogP contribution in [0.25, 0.3) is 0 Å². The first-order chi connectivity index (χ1) is 7.38. The van der Waals surface area contributed by atoms with Crippen molar-refractivity contribution in [1.82, 2.24) is 4.90 Å². The first kappa shape index (κ1) is 10.3. The van der Waals surface area contributed by atoms with Crippen LogP contribution in [0.4, 0.5) is 0 Å². The van der Waals surface area contributed by atoms with Gasteiger partial charge in [-0.05, 0) is 43.6 Å². The number of rotatable bonds is 2. The highest BCUT2D eigenvalue weighted by atomic mass is 15.1. The lowest BCUT2D eigenvalue weighted by molar-refractivity contribution is 0.221. The van der Waals surface area contributed by atoms with Crippen molar-refractivity contribution in [2.24, 2.45) is 0 Å². The zero-order valence-corrected chi connectivity index (χ0v) is 9.08. The minimum Gasteiger partial charge on any atom is -0.299 e. The van der Waals surface area contributed by atoms with Crippen molar-refractivity contribution in [1.29, 1.82) is 0 Å². The topological polar surface area (TPSA) is 3.24 Å². The summed E-state index contributed by atoms with van der Waals surface area (Å²) in [6, 6.07) is 8.32. The molecule has 1 heteroatoms. The predicted molar refractivity (Wildman–Crippen MR) is 63.5 cm³/mol. The monoisotopic (exact) mass is 199 g/mol. The van der Waals surface area contributed by atoms with Crippen molar-refractivity contribution in [3.8, 4) is 12.3 Å². The normalized spacial score (nSPS) is 17.3. The van der Waals surface area contributed by atoms with Gasteiger partial charge in [-0.25, -0.2) is 0 Å². The molecule has 1 nitrogen and oxygen atoms in total. The van der Waals surface area contributed by atoms with E-state index in [9.17, 15) is 0 Å². The molecule has 0 saturated carbocycles. The van der Waals surface area contributed by atoms with Crippen molar-refractivity contribution in [3.05, 3.63) is 35.4 Å².